The van der Waals surface area contributed by atoms with E-state index in [1.54, 1.807) is 23.2 Å². The van der Waals surface area contributed by atoms with Gasteiger partial charge in [0.25, 0.3) is 5.91 Å². The second kappa shape index (κ2) is 15.0. The van der Waals surface area contributed by atoms with Crippen LogP contribution in [-0.4, -0.2) is 80.9 Å². The van der Waals surface area contributed by atoms with Crippen LogP contribution < -0.4 is 20.3 Å². The number of aliphatic hydroxyl groups is 1. The summed E-state index contributed by atoms with van der Waals surface area (Å²) >= 11 is 0. The molecule has 4 aliphatic heterocycles. The quantitative estimate of drug-likeness (QED) is 0.203. The number of carbonyl (C=O) groups is 3. The molecule has 274 valence electrons. The molecule has 0 radical (unpaired) electrons. The zero-order valence-corrected chi connectivity index (χ0v) is 29.7. The average molecular weight is 716 g/mol. The second-order valence-electron chi connectivity index (χ2n) is 14.6. The number of rotatable bonds is 10. The maximum absolute atomic E-state index is 13.1. The minimum Gasteiger partial charge on any atom is -0.473 e. The Morgan fingerprint density at radius 3 is 2.42 bits per heavy atom. The van der Waals surface area contributed by atoms with Gasteiger partial charge < -0.3 is 25.0 Å². The van der Waals surface area contributed by atoms with Crippen molar-refractivity contribution in [2.75, 3.05) is 36.4 Å². The van der Waals surface area contributed by atoms with E-state index in [1.807, 2.05) is 42.5 Å². The Hall–Kier alpha value is -5.33. The number of fused-ring (bicyclic) bond motifs is 1. The van der Waals surface area contributed by atoms with Gasteiger partial charge in [0.15, 0.2) is 0 Å². The van der Waals surface area contributed by atoms with Gasteiger partial charge in [0.05, 0.1) is 5.60 Å². The molecule has 12 nitrogen and oxygen atoms in total. The molecule has 1 unspecified atom stereocenters. The van der Waals surface area contributed by atoms with Crippen molar-refractivity contribution in [1.29, 1.82) is 0 Å². The molecule has 53 heavy (non-hydrogen) atoms. The van der Waals surface area contributed by atoms with Crippen molar-refractivity contribution in [2.24, 2.45) is 0 Å². The van der Waals surface area contributed by atoms with E-state index in [1.165, 1.54) is 11.3 Å². The normalized spacial score (nSPS) is 20.6. The first kappa shape index (κ1) is 34.7. The van der Waals surface area contributed by atoms with Gasteiger partial charge in [0, 0.05) is 75.2 Å². The van der Waals surface area contributed by atoms with Crippen LogP contribution in [0.15, 0.2) is 85.1 Å². The molecule has 3 aromatic carbocycles. The number of piperidine rings is 3. The summed E-state index contributed by atoms with van der Waals surface area (Å²) in [5.41, 5.74) is 4.77. The lowest BCUT2D eigenvalue weighted by Crippen LogP contribution is -2.52. The molecule has 1 atom stereocenters. The van der Waals surface area contributed by atoms with Crippen molar-refractivity contribution in [2.45, 2.75) is 75.9 Å². The highest BCUT2D eigenvalue weighted by atomic mass is 16.5. The molecule has 12 heteroatoms. The Balaban J connectivity index is 0.795. The lowest BCUT2D eigenvalue weighted by Gasteiger charge is -2.39. The lowest BCUT2D eigenvalue weighted by atomic mass is 9.83. The van der Waals surface area contributed by atoms with Crippen LogP contribution in [-0.2, 0) is 34.9 Å². The second-order valence-corrected chi connectivity index (χ2v) is 14.6. The molecule has 4 aliphatic rings. The summed E-state index contributed by atoms with van der Waals surface area (Å²) in [4.78, 5) is 52.5. The van der Waals surface area contributed by atoms with Crippen molar-refractivity contribution in [3.05, 3.63) is 113 Å². The molecule has 8 rings (SSSR count). The summed E-state index contributed by atoms with van der Waals surface area (Å²) in [6.45, 7) is 4.97. The van der Waals surface area contributed by atoms with Gasteiger partial charge in [-0.25, -0.2) is 4.98 Å². The molecule has 0 spiro atoms. The first-order chi connectivity index (χ1) is 25.8. The molecule has 0 bridgehead atoms. The molecule has 4 aromatic rings. The number of carbonyl (C=O) groups excluding carboxylic acids is 3. The summed E-state index contributed by atoms with van der Waals surface area (Å²) < 4.78 is 5.88. The first-order valence-electron chi connectivity index (χ1n) is 18.6. The topological polar surface area (TPSA) is 140 Å². The summed E-state index contributed by atoms with van der Waals surface area (Å²) in [6, 6.07) is 25.9. The van der Waals surface area contributed by atoms with E-state index in [9.17, 15) is 19.5 Å². The smallest absolute Gasteiger partial charge is 0.255 e. The van der Waals surface area contributed by atoms with Crippen LogP contribution in [0.3, 0.4) is 0 Å². The van der Waals surface area contributed by atoms with Crippen molar-refractivity contribution in [1.82, 2.24) is 25.1 Å². The highest BCUT2D eigenvalue weighted by Gasteiger charge is 2.41. The van der Waals surface area contributed by atoms with E-state index in [2.05, 4.69) is 54.7 Å². The molecule has 3 fully saturated rings. The van der Waals surface area contributed by atoms with Gasteiger partial charge in [-0.15, -0.1) is 0 Å². The molecule has 0 saturated carbocycles. The van der Waals surface area contributed by atoms with Gasteiger partial charge in [-0.2, -0.15) is 4.98 Å². The predicted octanol–water partition coefficient (Wildman–Crippen LogP) is 4.38. The number of anilines is 2. The maximum atomic E-state index is 13.1. The number of hydrogen-bond donors (Lipinski definition) is 3. The van der Waals surface area contributed by atoms with Gasteiger partial charge >= 0.3 is 0 Å². The van der Waals surface area contributed by atoms with E-state index in [0.29, 0.717) is 55.8 Å². The first-order valence-corrected chi connectivity index (χ1v) is 18.6. The number of benzene rings is 3. The molecular weight excluding hydrogens is 670 g/mol. The van der Waals surface area contributed by atoms with E-state index in [-0.39, 0.29) is 18.2 Å². The highest BCUT2D eigenvalue weighted by Crippen LogP contribution is 2.37. The Morgan fingerprint density at radius 2 is 1.66 bits per heavy atom. The van der Waals surface area contributed by atoms with Crippen molar-refractivity contribution in [3.63, 3.8) is 0 Å². The van der Waals surface area contributed by atoms with Crippen LogP contribution in [0.25, 0.3) is 0 Å². The third kappa shape index (κ3) is 7.74. The third-order valence-corrected chi connectivity index (χ3v) is 11.1. The van der Waals surface area contributed by atoms with Crippen LogP contribution >= 0.6 is 0 Å². The number of aromatic nitrogens is 2. The Bertz CT molecular complexity index is 1960. The fourth-order valence-corrected chi connectivity index (χ4v) is 7.99. The summed E-state index contributed by atoms with van der Waals surface area (Å²) in [5, 5.41) is 17.6. The zero-order valence-electron chi connectivity index (χ0n) is 29.7. The standard InChI is InChI=1S/C41H45N7O5/c49-36-13-12-35(38(50)44-36)48-26-30-24-31(8-11-34(30)39(48)51)41(52)17-22-46(23-18-41)25-28-6-9-33(10-7-28)47-20-15-32(16-21-47)43-40-42-19-14-37(45-40)53-27-29-4-2-1-3-5-29/h1-11,14,19,24,32,35,52H,12-13,15-18,20-23,25-27H2,(H,42,43,45)(H,44,49,50). The van der Waals surface area contributed by atoms with E-state index in [4.69, 9.17) is 4.74 Å². The monoisotopic (exact) mass is 715 g/mol. The van der Waals surface area contributed by atoms with Gasteiger partial charge in [-0.05, 0) is 72.6 Å². The number of hydrogen-bond acceptors (Lipinski definition) is 10. The number of nitrogens with zero attached hydrogens (tertiary/aromatic N) is 5. The van der Waals surface area contributed by atoms with Crippen LogP contribution in [0, 0.1) is 0 Å². The van der Waals surface area contributed by atoms with Crippen molar-refractivity contribution in [3.8, 4) is 5.88 Å². The van der Waals surface area contributed by atoms with E-state index >= 15 is 0 Å². The highest BCUT2D eigenvalue weighted by molar-refractivity contribution is 6.05. The Labute approximate surface area is 309 Å². The number of likely N-dealkylation sites (tertiary alicyclic amines) is 1. The summed E-state index contributed by atoms with van der Waals surface area (Å²) in [7, 11) is 0. The van der Waals surface area contributed by atoms with Gasteiger partial charge in [-0.1, -0.05) is 54.6 Å². The minimum absolute atomic E-state index is 0.201. The molecule has 3 amide bonds. The number of imide groups is 1. The summed E-state index contributed by atoms with van der Waals surface area (Å²) in [6.07, 6.45) is 5.43. The van der Waals surface area contributed by atoms with Crippen LogP contribution in [0.2, 0.25) is 0 Å². The number of amides is 3. The average Bonchev–Trinajstić information content (AvgIpc) is 3.51. The van der Waals surface area contributed by atoms with E-state index < -0.39 is 17.6 Å². The molecule has 1 aromatic heterocycles. The fraction of sp³-hybridized carbons (Fsp3) is 0.390. The fourth-order valence-electron chi connectivity index (χ4n) is 7.99. The third-order valence-electron chi connectivity index (χ3n) is 11.1. The lowest BCUT2D eigenvalue weighted by molar-refractivity contribution is -0.136. The van der Waals surface area contributed by atoms with E-state index in [0.717, 1.165) is 62.3 Å². The minimum atomic E-state index is -0.980. The zero-order chi connectivity index (χ0) is 36.4. The predicted molar refractivity (Wildman–Crippen MR) is 199 cm³/mol. The maximum Gasteiger partial charge on any atom is 0.255 e. The van der Waals surface area contributed by atoms with Gasteiger partial charge in [0.1, 0.15) is 12.6 Å². The molecule has 3 N–H and O–H groups in total. The molecular formula is C41H45N7O5. The Kier molecular flexibility index (Phi) is 9.80. The summed E-state index contributed by atoms with van der Waals surface area (Å²) in [5.74, 6) is 0.231. The van der Waals surface area contributed by atoms with Crippen LogP contribution in [0.4, 0.5) is 11.6 Å². The Morgan fingerprint density at radius 1 is 0.887 bits per heavy atom. The molecule has 3 saturated heterocycles. The largest absolute Gasteiger partial charge is 0.473 e. The SMILES string of the molecule is O=C1CCC(N2Cc3cc(C4(O)CCN(Cc5ccc(N6CCC(Nc7nccc(OCc8ccccc8)n7)CC6)cc5)CC4)ccc3C2=O)C(=O)N1. The van der Waals surface area contributed by atoms with Gasteiger partial charge in [0.2, 0.25) is 23.6 Å². The van der Waals surface area contributed by atoms with Gasteiger partial charge in [-0.3, -0.25) is 24.6 Å². The van der Waals surface area contributed by atoms with Crippen molar-refractivity contribution >= 4 is 29.4 Å². The van der Waals surface area contributed by atoms with Crippen LogP contribution in [0.1, 0.15) is 71.1 Å². The number of ether oxygens (including phenoxy) is 1. The van der Waals surface area contributed by atoms with Crippen LogP contribution in [0.5, 0.6) is 5.88 Å². The van der Waals surface area contributed by atoms with Crippen molar-refractivity contribution < 1.29 is 24.2 Å². The molecule has 5 heterocycles. The number of nitrogens with one attached hydrogen (secondary N) is 2. The molecule has 0 aliphatic carbocycles.